The number of pyridine rings is 1. The highest BCUT2D eigenvalue weighted by Gasteiger charge is 2.23. The van der Waals surface area contributed by atoms with E-state index in [-0.39, 0.29) is 29.8 Å². The number of thiophene rings is 1. The van der Waals surface area contributed by atoms with Crippen molar-refractivity contribution in [3.8, 4) is 10.6 Å². The summed E-state index contributed by atoms with van der Waals surface area (Å²) in [7, 11) is 0. The molecule has 4 rings (SSSR count). The van der Waals surface area contributed by atoms with Gasteiger partial charge in [-0.25, -0.2) is 9.87 Å². The first-order valence-electron chi connectivity index (χ1n) is 9.53. The maximum absolute atomic E-state index is 13.4. The van der Waals surface area contributed by atoms with Crippen molar-refractivity contribution in [2.45, 2.75) is 18.9 Å². The van der Waals surface area contributed by atoms with Gasteiger partial charge in [-0.3, -0.25) is 19.8 Å². The first kappa shape index (κ1) is 20.7. The average Bonchev–Trinajstić information content (AvgIpc) is 3.48. The third-order valence-electron chi connectivity index (χ3n) is 4.93. The lowest BCUT2D eigenvalue weighted by Crippen LogP contribution is -2.25. The van der Waals surface area contributed by atoms with Gasteiger partial charge in [-0.05, 0) is 53.8 Å². The Labute approximate surface area is 181 Å². The summed E-state index contributed by atoms with van der Waals surface area (Å²) in [6, 6.07) is 8.93. The van der Waals surface area contributed by atoms with Crippen LogP contribution < -0.4 is 10.8 Å². The van der Waals surface area contributed by atoms with Crippen molar-refractivity contribution in [3.05, 3.63) is 88.5 Å². The molecule has 7 nitrogen and oxygen atoms in total. The van der Waals surface area contributed by atoms with Crippen LogP contribution in [0.1, 0.15) is 44.4 Å². The Bertz CT molecular complexity index is 1150. The number of hydroxylamine groups is 1. The molecule has 9 heteroatoms. The van der Waals surface area contributed by atoms with Crippen LogP contribution in [0.15, 0.2) is 66.0 Å². The van der Waals surface area contributed by atoms with Crippen LogP contribution >= 0.6 is 11.3 Å². The normalized spacial score (nSPS) is 15.4. The SMILES string of the molecule is O=C(NO)c1ccc(CNC(=O)c2[nH]c(-c3cccs3)cc2C2C=CC(F)=CC2)nc1. The van der Waals surface area contributed by atoms with Gasteiger partial charge in [-0.1, -0.05) is 12.1 Å². The van der Waals surface area contributed by atoms with Crippen LogP contribution in [0.5, 0.6) is 0 Å². The molecule has 0 aromatic carbocycles. The molecule has 3 aromatic heterocycles. The minimum Gasteiger partial charge on any atom is -0.350 e. The van der Waals surface area contributed by atoms with Crippen LogP contribution in [0.25, 0.3) is 10.6 Å². The van der Waals surface area contributed by atoms with Gasteiger partial charge in [0.05, 0.1) is 28.4 Å². The minimum absolute atomic E-state index is 0.111. The minimum atomic E-state index is -0.661. The Kier molecular flexibility index (Phi) is 6.06. The van der Waals surface area contributed by atoms with Crippen molar-refractivity contribution in [1.29, 1.82) is 0 Å². The number of nitrogens with zero attached hydrogens (tertiary/aromatic N) is 1. The summed E-state index contributed by atoms with van der Waals surface area (Å²) in [5.41, 5.74) is 4.34. The predicted molar refractivity (Wildman–Crippen MR) is 114 cm³/mol. The number of aromatic amines is 1. The Hall–Kier alpha value is -3.56. The zero-order valence-electron chi connectivity index (χ0n) is 16.3. The number of H-pyrrole nitrogens is 1. The number of aromatic nitrogens is 2. The Morgan fingerprint density at radius 1 is 1.29 bits per heavy atom. The Morgan fingerprint density at radius 3 is 2.81 bits per heavy atom. The number of halogens is 1. The lowest BCUT2D eigenvalue weighted by Gasteiger charge is -2.14. The van der Waals surface area contributed by atoms with Crippen LogP contribution in [0.2, 0.25) is 0 Å². The molecule has 0 radical (unpaired) electrons. The predicted octanol–water partition coefficient (Wildman–Crippen LogP) is 4.08. The second kappa shape index (κ2) is 9.07. The molecule has 1 atom stereocenters. The number of carbonyl (C=O) groups is 2. The molecule has 0 spiro atoms. The van der Waals surface area contributed by atoms with Gasteiger partial charge in [-0.2, -0.15) is 0 Å². The molecule has 3 heterocycles. The van der Waals surface area contributed by atoms with Gasteiger partial charge in [0.2, 0.25) is 0 Å². The molecule has 31 heavy (non-hydrogen) atoms. The van der Waals surface area contributed by atoms with Crippen molar-refractivity contribution in [2.24, 2.45) is 0 Å². The number of rotatable bonds is 6. The summed E-state index contributed by atoms with van der Waals surface area (Å²) < 4.78 is 13.4. The molecular formula is C22H19FN4O3S. The first-order valence-corrected chi connectivity index (χ1v) is 10.4. The van der Waals surface area contributed by atoms with E-state index in [9.17, 15) is 14.0 Å². The van der Waals surface area contributed by atoms with Crippen LogP contribution in [0.3, 0.4) is 0 Å². The molecule has 158 valence electrons. The average molecular weight is 438 g/mol. The van der Waals surface area contributed by atoms with Gasteiger partial charge in [0.1, 0.15) is 11.5 Å². The van der Waals surface area contributed by atoms with Crippen LogP contribution in [0, 0.1) is 0 Å². The summed E-state index contributed by atoms with van der Waals surface area (Å²) in [4.78, 5) is 32.7. The standard InChI is InChI=1S/C22H19FN4O3S/c23-15-6-3-13(4-7-15)17-10-18(19-2-1-9-31-19)26-20(17)22(29)25-12-16-8-5-14(11-24-16)21(28)27-30/h1-3,5-11,13,26,30H,4,12H2,(H,25,29)(H,27,28). The summed E-state index contributed by atoms with van der Waals surface area (Å²) in [5, 5.41) is 13.5. The van der Waals surface area contributed by atoms with E-state index in [4.69, 9.17) is 5.21 Å². The van der Waals surface area contributed by atoms with E-state index in [0.29, 0.717) is 17.8 Å². The zero-order chi connectivity index (χ0) is 21.8. The highest BCUT2D eigenvalue weighted by atomic mass is 32.1. The van der Waals surface area contributed by atoms with Crippen molar-refractivity contribution in [1.82, 2.24) is 20.8 Å². The number of allylic oxidation sites excluding steroid dienone is 4. The number of carbonyl (C=O) groups excluding carboxylic acids is 2. The lowest BCUT2D eigenvalue weighted by atomic mass is 9.92. The van der Waals surface area contributed by atoms with Gasteiger partial charge in [0, 0.05) is 12.1 Å². The molecule has 2 amide bonds. The Balaban J connectivity index is 1.54. The molecule has 0 bridgehead atoms. The summed E-state index contributed by atoms with van der Waals surface area (Å²) in [6.45, 7) is 0.154. The van der Waals surface area contributed by atoms with Gasteiger partial charge in [-0.15, -0.1) is 11.3 Å². The fourth-order valence-corrected chi connectivity index (χ4v) is 4.03. The largest absolute Gasteiger partial charge is 0.350 e. The summed E-state index contributed by atoms with van der Waals surface area (Å²) in [5.74, 6) is -1.35. The summed E-state index contributed by atoms with van der Waals surface area (Å²) in [6.07, 6.45) is 6.48. The van der Waals surface area contributed by atoms with E-state index in [0.717, 1.165) is 16.1 Å². The topological polar surface area (TPSA) is 107 Å². The number of amides is 2. The van der Waals surface area contributed by atoms with Crippen LogP contribution in [-0.2, 0) is 6.54 Å². The Morgan fingerprint density at radius 2 is 2.16 bits per heavy atom. The third kappa shape index (κ3) is 4.62. The molecule has 0 saturated carbocycles. The van der Waals surface area contributed by atoms with E-state index >= 15 is 0 Å². The van der Waals surface area contributed by atoms with Crippen molar-refractivity contribution in [3.63, 3.8) is 0 Å². The fraction of sp³-hybridized carbons (Fsp3) is 0.136. The second-order valence-electron chi connectivity index (χ2n) is 6.94. The molecule has 1 aliphatic carbocycles. The maximum Gasteiger partial charge on any atom is 0.276 e. The molecule has 3 aromatic rings. The monoisotopic (exact) mass is 438 g/mol. The summed E-state index contributed by atoms with van der Waals surface area (Å²) >= 11 is 1.56. The molecule has 0 aliphatic heterocycles. The van der Waals surface area contributed by atoms with Gasteiger partial charge >= 0.3 is 0 Å². The highest BCUT2D eigenvalue weighted by Crippen LogP contribution is 2.34. The number of hydrogen-bond acceptors (Lipinski definition) is 5. The van der Waals surface area contributed by atoms with Crippen LogP contribution in [-0.4, -0.2) is 27.0 Å². The first-order chi connectivity index (χ1) is 15.0. The molecule has 1 unspecified atom stereocenters. The third-order valence-corrected chi connectivity index (χ3v) is 5.84. The molecule has 0 fully saturated rings. The van der Waals surface area contributed by atoms with Crippen molar-refractivity contribution >= 4 is 23.2 Å². The van der Waals surface area contributed by atoms with Gasteiger partial charge < -0.3 is 10.3 Å². The van der Waals surface area contributed by atoms with E-state index in [2.05, 4.69) is 15.3 Å². The van der Waals surface area contributed by atoms with Crippen LogP contribution in [0.4, 0.5) is 4.39 Å². The maximum atomic E-state index is 13.4. The molecule has 0 saturated heterocycles. The second-order valence-corrected chi connectivity index (χ2v) is 7.89. The van der Waals surface area contributed by atoms with Gasteiger partial charge in [0.25, 0.3) is 11.8 Å². The number of hydrogen-bond donors (Lipinski definition) is 4. The molecule has 1 aliphatic rings. The number of nitrogens with one attached hydrogen (secondary N) is 3. The molecular weight excluding hydrogens is 419 g/mol. The van der Waals surface area contributed by atoms with E-state index in [1.807, 2.05) is 23.6 Å². The van der Waals surface area contributed by atoms with E-state index in [1.54, 1.807) is 29.0 Å². The van der Waals surface area contributed by atoms with Crippen molar-refractivity contribution in [2.75, 3.05) is 0 Å². The molecule has 4 N–H and O–H groups in total. The van der Waals surface area contributed by atoms with E-state index < -0.39 is 5.91 Å². The smallest absolute Gasteiger partial charge is 0.276 e. The van der Waals surface area contributed by atoms with Gasteiger partial charge in [0.15, 0.2) is 0 Å². The quantitative estimate of drug-likeness (QED) is 0.344. The lowest BCUT2D eigenvalue weighted by molar-refractivity contribution is 0.0705. The van der Waals surface area contributed by atoms with Crippen molar-refractivity contribution < 1.29 is 19.2 Å². The zero-order valence-corrected chi connectivity index (χ0v) is 17.1. The van der Waals surface area contributed by atoms with E-state index in [1.165, 1.54) is 24.4 Å². The highest BCUT2D eigenvalue weighted by molar-refractivity contribution is 7.13. The fourth-order valence-electron chi connectivity index (χ4n) is 3.33.